The second kappa shape index (κ2) is 8.35. The predicted octanol–water partition coefficient (Wildman–Crippen LogP) is 7.61. The van der Waals surface area contributed by atoms with Crippen molar-refractivity contribution in [3.63, 3.8) is 0 Å². The Hall–Kier alpha value is -4.83. The van der Waals surface area contributed by atoms with Gasteiger partial charge < -0.3 is 18.6 Å². The molecular weight excluding hydrogens is 470 g/mol. The van der Waals surface area contributed by atoms with Gasteiger partial charge in [0.15, 0.2) is 0 Å². The Bertz CT molecular complexity index is 1720. The molecule has 0 saturated carbocycles. The van der Waals surface area contributed by atoms with Gasteiger partial charge in [-0.25, -0.2) is 0 Å². The van der Waals surface area contributed by atoms with Crippen LogP contribution >= 0.6 is 0 Å². The molecule has 0 aromatic heterocycles. The van der Waals surface area contributed by atoms with E-state index in [9.17, 15) is 0 Å². The molecule has 6 aromatic rings. The minimum Gasteiger partial charge on any atom is -0.520 e. The Morgan fingerprint density at radius 3 is 1.18 bits per heavy atom. The molecular formula is C32H20B2O4. The van der Waals surface area contributed by atoms with Crippen LogP contribution in [-0.4, -0.2) is 14.2 Å². The van der Waals surface area contributed by atoms with E-state index in [-0.39, 0.29) is 0 Å². The van der Waals surface area contributed by atoms with Crippen LogP contribution in [0.4, 0.5) is 0 Å². The fourth-order valence-electron chi connectivity index (χ4n) is 5.50. The topological polar surface area (TPSA) is 36.9 Å². The van der Waals surface area contributed by atoms with E-state index in [1.54, 1.807) is 0 Å². The molecule has 2 heterocycles. The van der Waals surface area contributed by atoms with Crippen molar-refractivity contribution in [2.75, 3.05) is 0 Å². The monoisotopic (exact) mass is 490 g/mol. The summed E-state index contributed by atoms with van der Waals surface area (Å²) in [7, 11) is -0.873. The van der Waals surface area contributed by atoms with E-state index in [1.165, 1.54) is 32.3 Å². The minimum absolute atomic E-state index is 0.436. The van der Waals surface area contributed by atoms with Crippen molar-refractivity contribution in [3.8, 4) is 23.0 Å². The molecule has 4 nitrogen and oxygen atoms in total. The molecule has 0 N–H and O–H groups in total. The highest BCUT2D eigenvalue weighted by molar-refractivity contribution is 6.55. The average molecular weight is 490 g/mol. The molecule has 0 radical (unpaired) electrons. The van der Waals surface area contributed by atoms with Crippen molar-refractivity contribution in [1.82, 2.24) is 0 Å². The predicted molar refractivity (Wildman–Crippen MR) is 155 cm³/mol. The largest absolute Gasteiger partial charge is 0.625 e. The zero-order valence-electron chi connectivity index (χ0n) is 20.3. The summed E-state index contributed by atoms with van der Waals surface area (Å²) in [4.78, 5) is 0. The van der Waals surface area contributed by atoms with Gasteiger partial charge in [-0.05, 0) is 79.7 Å². The van der Waals surface area contributed by atoms with Gasteiger partial charge in [-0.15, -0.1) is 0 Å². The maximum Gasteiger partial charge on any atom is 0.625 e. The molecule has 2 aliphatic heterocycles. The second-order valence-corrected chi connectivity index (χ2v) is 9.55. The number of hydrogen-bond acceptors (Lipinski definition) is 4. The maximum atomic E-state index is 5.92. The van der Waals surface area contributed by atoms with Crippen LogP contribution in [0, 0.1) is 0 Å². The Balaban J connectivity index is 1.16. The number of fused-ring (bicyclic) bond motifs is 2. The number of rotatable bonds is 4. The number of para-hydroxylation sites is 4. The highest BCUT2D eigenvalue weighted by Crippen LogP contribution is 2.39. The molecule has 0 aliphatic carbocycles. The van der Waals surface area contributed by atoms with E-state index in [1.807, 2.05) is 60.5 Å². The zero-order chi connectivity index (χ0) is 25.1. The van der Waals surface area contributed by atoms with Gasteiger partial charge in [0.1, 0.15) is 23.0 Å². The van der Waals surface area contributed by atoms with Crippen LogP contribution in [0.5, 0.6) is 23.0 Å². The lowest BCUT2D eigenvalue weighted by Gasteiger charge is -2.14. The molecule has 178 valence electrons. The lowest BCUT2D eigenvalue weighted by atomic mass is 9.85. The molecule has 38 heavy (non-hydrogen) atoms. The molecule has 6 heteroatoms. The van der Waals surface area contributed by atoms with Gasteiger partial charge in [-0.2, -0.15) is 0 Å². The van der Waals surface area contributed by atoms with Crippen molar-refractivity contribution in [1.29, 1.82) is 0 Å². The molecule has 0 spiro atoms. The molecule has 8 rings (SSSR count). The Labute approximate surface area is 220 Å². The van der Waals surface area contributed by atoms with Gasteiger partial charge in [0, 0.05) is 0 Å². The fourth-order valence-corrected chi connectivity index (χ4v) is 5.50. The normalized spacial score (nSPS) is 14.3. The zero-order valence-corrected chi connectivity index (χ0v) is 20.3. The first-order chi connectivity index (χ1) is 18.8. The van der Waals surface area contributed by atoms with Gasteiger partial charge in [-0.3, -0.25) is 0 Å². The Morgan fingerprint density at radius 1 is 0.421 bits per heavy atom. The highest BCUT2D eigenvalue weighted by Gasteiger charge is 2.29. The lowest BCUT2D eigenvalue weighted by Crippen LogP contribution is -2.21. The van der Waals surface area contributed by atoms with E-state index < -0.39 is 14.2 Å². The van der Waals surface area contributed by atoms with Crippen LogP contribution in [0.25, 0.3) is 44.5 Å². The second-order valence-electron chi connectivity index (χ2n) is 9.55. The summed E-state index contributed by atoms with van der Waals surface area (Å²) in [5.74, 6) is 7.04. The van der Waals surface area contributed by atoms with Gasteiger partial charge >= 0.3 is 14.2 Å². The van der Waals surface area contributed by atoms with Crippen LogP contribution < -0.4 is 18.6 Å². The Kier molecular flexibility index (Phi) is 4.68. The highest BCUT2D eigenvalue weighted by atomic mass is 16.6. The van der Waals surface area contributed by atoms with Crippen LogP contribution in [0.1, 0.15) is 11.1 Å². The van der Waals surface area contributed by atoms with Gasteiger partial charge in [0.2, 0.25) is 0 Å². The summed E-state index contributed by atoms with van der Waals surface area (Å²) in [5, 5.41) is 7.35. The molecule has 0 fully saturated rings. The molecule has 6 aromatic carbocycles. The standard InChI is InChI=1S/C32H20B2O4/c1-2-6-28-27(5-1)35-33(36-28)19-17-21-9-11-23-14-16-26-22(10-12-24-13-15-25(21)31(23)32(24)26)18-20-34-37-29-7-3-4-8-30(29)38-34/h1-20H/b19-17+,20-18?. The summed E-state index contributed by atoms with van der Waals surface area (Å²) >= 11 is 0. The molecule has 0 atom stereocenters. The molecule has 0 amide bonds. The van der Waals surface area contributed by atoms with Crippen LogP contribution in [-0.2, 0) is 0 Å². The van der Waals surface area contributed by atoms with Crippen molar-refractivity contribution < 1.29 is 18.6 Å². The third-order valence-corrected chi connectivity index (χ3v) is 7.27. The van der Waals surface area contributed by atoms with Crippen molar-refractivity contribution in [3.05, 3.63) is 120 Å². The van der Waals surface area contributed by atoms with Gasteiger partial charge in [0.05, 0.1) is 0 Å². The Morgan fingerprint density at radius 2 is 0.789 bits per heavy atom. The summed E-state index contributed by atoms with van der Waals surface area (Å²) in [6, 6.07) is 33.0. The van der Waals surface area contributed by atoms with Gasteiger partial charge in [-0.1, -0.05) is 84.9 Å². The fraction of sp³-hybridized carbons (Fsp3) is 0. The SMILES string of the molecule is C(=Cc1ccc2ccc3c(/C=C/B4Oc5ccccc5O4)ccc4ccc1c2c43)B1Oc2ccccc2O1. The number of benzene rings is 6. The summed E-state index contributed by atoms with van der Waals surface area (Å²) in [6.45, 7) is 0. The van der Waals surface area contributed by atoms with E-state index in [0.29, 0.717) is 0 Å². The molecule has 0 unspecified atom stereocenters. The first-order valence-electron chi connectivity index (χ1n) is 12.7. The summed E-state index contributed by atoms with van der Waals surface area (Å²) < 4.78 is 23.7. The van der Waals surface area contributed by atoms with Crippen molar-refractivity contribution in [2.24, 2.45) is 0 Å². The van der Waals surface area contributed by atoms with E-state index in [2.05, 4.69) is 60.7 Å². The smallest absolute Gasteiger partial charge is 0.520 e. The van der Waals surface area contributed by atoms with Crippen LogP contribution in [0.2, 0.25) is 0 Å². The minimum atomic E-state index is -0.436. The first-order valence-corrected chi connectivity index (χ1v) is 12.7. The van der Waals surface area contributed by atoms with E-state index in [0.717, 1.165) is 34.1 Å². The van der Waals surface area contributed by atoms with Crippen LogP contribution in [0.15, 0.2) is 109 Å². The van der Waals surface area contributed by atoms with E-state index >= 15 is 0 Å². The molecule has 0 bridgehead atoms. The average Bonchev–Trinajstić information content (AvgIpc) is 3.57. The maximum absolute atomic E-state index is 5.92. The summed E-state index contributed by atoms with van der Waals surface area (Å²) in [6.07, 6.45) is 4.19. The third kappa shape index (κ3) is 3.41. The third-order valence-electron chi connectivity index (χ3n) is 7.27. The lowest BCUT2D eigenvalue weighted by molar-refractivity contribution is 0.517. The van der Waals surface area contributed by atoms with Crippen LogP contribution in [0.3, 0.4) is 0 Å². The summed E-state index contributed by atoms with van der Waals surface area (Å²) in [5.41, 5.74) is 2.25. The molecule has 2 aliphatic rings. The molecule has 0 saturated heterocycles. The first kappa shape index (κ1) is 21.3. The van der Waals surface area contributed by atoms with Crippen molar-refractivity contribution >= 4 is 58.7 Å². The van der Waals surface area contributed by atoms with E-state index in [4.69, 9.17) is 18.6 Å². The van der Waals surface area contributed by atoms with Crippen molar-refractivity contribution in [2.45, 2.75) is 0 Å². The number of hydrogen-bond donors (Lipinski definition) is 0. The van der Waals surface area contributed by atoms with Gasteiger partial charge in [0.25, 0.3) is 0 Å². The quantitative estimate of drug-likeness (QED) is 0.188.